The fourth-order valence-electron chi connectivity index (χ4n) is 2.53. The van der Waals surface area contributed by atoms with E-state index < -0.39 is 11.7 Å². The van der Waals surface area contributed by atoms with E-state index in [0.717, 1.165) is 18.4 Å². The Kier molecular flexibility index (Phi) is 4.78. The molecule has 1 N–H and O–H groups in total. The molecule has 1 aliphatic rings. The Balaban J connectivity index is 1.85. The van der Waals surface area contributed by atoms with Gasteiger partial charge in [0.05, 0.1) is 12.2 Å². The van der Waals surface area contributed by atoms with Crippen LogP contribution in [0.25, 0.3) is 0 Å². The third kappa shape index (κ3) is 4.05. The molecule has 1 saturated heterocycles. The van der Waals surface area contributed by atoms with Gasteiger partial charge in [0.15, 0.2) is 0 Å². The molecular formula is C16H23NO3. The number of hydrogen-bond donors (Lipinski definition) is 1. The average molecular weight is 277 g/mol. The maximum Gasteiger partial charge on any atom is 0.251 e. The molecule has 20 heavy (non-hydrogen) atoms. The Labute approximate surface area is 120 Å². The summed E-state index contributed by atoms with van der Waals surface area (Å²) in [5.41, 5.74) is 0.283. The molecule has 2 atom stereocenters. The van der Waals surface area contributed by atoms with Crippen molar-refractivity contribution >= 4 is 5.91 Å². The SMILES string of the molecule is CC(OCc1ccccc1)C(=O)N1CCCC(C)(O)C1. The zero-order valence-electron chi connectivity index (χ0n) is 12.2. The van der Waals surface area contributed by atoms with Crippen molar-refractivity contribution in [2.24, 2.45) is 0 Å². The maximum atomic E-state index is 12.3. The summed E-state index contributed by atoms with van der Waals surface area (Å²) < 4.78 is 5.64. The van der Waals surface area contributed by atoms with Crippen molar-refractivity contribution in [1.82, 2.24) is 4.90 Å². The molecule has 1 heterocycles. The third-order valence-corrected chi connectivity index (χ3v) is 3.68. The first-order chi connectivity index (χ1) is 9.48. The maximum absolute atomic E-state index is 12.3. The fraction of sp³-hybridized carbons (Fsp3) is 0.562. The van der Waals surface area contributed by atoms with Crippen LogP contribution in [-0.2, 0) is 16.1 Å². The van der Waals surface area contributed by atoms with E-state index in [1.807, 2.05) is 30.3 Å². The van der Waals surface area contributed by atoms with Crippen molar-refractivity contribution in [3.63, 3.8) is 0 Å². The van der Waals surface area contributed by atoms with Gasteiger partial charge in [-0.3, -0.25) is 4.79 Å². The second kappa shape index (κ2) is 6.37. The zero-order valence-corrected chi connectivity index (χ0v) is 12.2. The standard InChI is InChI=1S/C16H23NO3/c1-13(20-11-14-7-4-3-5-8-14)15(18)17-10-6-9-16(2,19)12-17/h3-5,7-8,13,19H,6,9-12H2,1-2H3. The highest BCUT2D eigenvalue weighted by Gasteiger charge is 2.32. The largest absolute Gasteiger partial charge is 0.388 e. The van der Waals surface area contributed by atoms with Gasteiger partial charge in [0.25, 0.3) is 5.91 Å². The first kappa shape index (κ1) is 15.0. The number of benzene rings is 1. The lowest BCUT2D eigenvalue weighted by molar-refractivity contribution is -0.149. The first-order valence-electron chi connectivity index (χ1n) is 7.15. The first-order valence-corrected chi connectivity index (χ1v) is 7.15. The number of likely N-dealkylation sites (tertiary alicyclic amines) is 1. The summed E-state index contributed by atoms with van der Waals surface area (Å²) >= 11 is 0. The van der Waals surface area contributed by atoms with Crippen LogP contribution >= 0.6 is 0 Å². The van der Waals surface area contributed by atoms with Crippen LogP contribution in [-0.4, -0.2) is 40.7 Å². The number of ether oxygens (including phenoxy) is 1. The number of carbonyl (C=O) groups excluding carboxylic acids is 1. The normalized spacial score (nSPS) is 24.4. The van der Waals surface area contributed by atoms with Gasteiger partial charge < -0.3 is 14.7 Å². The lowest BCUT2D eigenvalue weighted by Gasteiger charge is -2.37. The Hall–Kier alpha value is -1.39. The van der Waals surface area contributed by atoms with Gasteiger partial charge in [0.2, 0.25) is 0 Å². The molecule has 0 saturated carbocycles. The van der Waals surface area contributed by atoms with Crippen LogP contribution in [0.4, 0.5) is 0 Å². The molecule has 110 valence electrons. The number of rotatable bonds is 4. The number of piperidine rings is 1. The summed E-state index contributed by atoms with van der Waals surface area (Å²) in [4.78, 5) is 14.0. The molecule has 0 radical (unpaired) electrons. The Bertz CT molecular complexity index is 444. The highest BCUT2D eigenvalue weighted by molar-refractivity contribution is 5.80. The molecular weight excluding hydrogens is 254 g/mol. The molecule has 1 fully saturated rings. The summed E-state index contributed by atoms with van der Waals surface area (Å²) in [5, 5.41) is 10.0. The van der Waals surface area contributed by atoms with Crippen LogP contribution in [0.5, 0.6) is 0 Å². The van der Waals surface area contributed by atoms with E-state index in [4.69, 9.17) is 4.74 Å². The van der Waals surface area contributed by atoms with Crippen LogP contribution in [0, 0.1) is 0 Å². The molecule has 1 amide bonds. The van der Waals surface area contributed by atoms with Gasteiger partial charge in [0, 0.05) is 13.1 Å². The number of β-amino-alcohol motifs (C(OH)–C–C–N with tert-alkyl or cyclic N) is 1. The fourth-order valence-corrected chi connectivity index (χ4v) is 2.53. The summed E-state index contributed by atoms with van der Waals surface area (Å²) in [6, 6.07) is 9.81. The van der Waals surface area contributed by atoms with Gasteiger partial charge in [0.1, 0.15) is 6.10 Å². The molecule has 1 aromatic rings. The highest BCUT2D eigenvalue weighted by atomic mass is 16.5. The third-order valence-electron chi connectivity index (χ3n) is 3.68. The lowest BCUT2D eigenvalue weighted by atomic mass is 9.95. The lowest BCUT2D eigenvalue weighted by Crippen LogP contribution is -2.51. The van der Waals surface area contributed by atoms with Crippen LogP contribution in [0.3, 0.4) is 0 Å². The number of aliphatic hydroxyl groups is 1. The van der Waals surface area contributed by atoms with Crippen LogP contribution < -0.4 is 0 Å². The van der Waals surface area contributed by atoms with Gasteiger partial charge in [-0.25, -0.2) is 0 Å². The highest BCUT2D eigenvalue weighted by Crippen LogP contribution is 2.21. The topological polar surface area (TPSA) is 49.8 Å². The Morgan fingerprint density at radius 2 is 2.15 bits per heavy atom. The van der Waals surface area contributed by atoms with E-state index in [2.05, 4.69) is 0 Å². The zero-order chi connectivity index (χ0) is 14.6. The molecule has 4 heteroatoms. The van der Waals surface area contributed by atoms with Crippen LogP contribution in [0.2, 0.25) is 0 Å². The Morgan fingerprint density at radius 1 is 1.45 bits per heavy atom. The smallest absolute Gasteiger partial charge is 0.251 e. The summed E-state index contributed by atoms with van der Waals surface area (Å²) in [6.07, 6.45) is 1.10. The predicted molar refractivity (Wildman–Crippen MR) is 77.1 cm³/mol. The van der Waals surface area contributed by atoms with Crippen molar-refractivity contribution in [3.05, 3.63) is 35.9 Å². The van der Waals surface area contributed by atoms with E-state index in [0.29, 0.717) is 19.7 Å². The number of hydrogen-bond acceptors (Lipinski definition) is 3. The predicted octanol–water partition coefficient (Wildman–Crippen LogP) is 1.97. The summed E-state index contributed by atoms with van der Waals surface area (Å²) in [5.74, 6) is -0.0408. The Morgan fingerprint density at radius 3 is 2.80 bits per heavy atom. The van der Waals surface area contributed by atoms with Crippen LogP contribution in [0.15, 0.2) is 30.3 Å². The minimum Gasteiger partial charge on any atom is -0.388 e. The quantitative estimate of drug-likeness (QED) is 0.915. The molecule has 2 unspecified atom stereocenters. The summed E-state index contributed by atoms with van der Waals surface area (Å²) in [6.45, 7) is 5.08. The average Bonchev–Trinajstić information content (AvgIpc) is 2.44. The van der Waals surface area contributed by atoms with Gasteiger partial charge in [-0.05, 0) is 32.3 Å². The summed E-state index contributed by atoms with van der Waals surface area (Å²) in [7, 11) is 0. The van der Waals surface area contributed by atoms with E-state index in [1.54, 1.807) is 18.7 Å². The minimum atomic E-state index is -0.771. The van der Waals surface area contributed by atoms with E-state index in [9.17, 15) is 9.90 Å². The minimum absolute atomic E-state index is 0.0408. The second-order valence-corrected chi connectivity index (χ2v) is 5.80. The van der Waals surface area contributed by atoms with E-state index >= 15 is 0 Å². The van der Waals surface area contributed by atoms with Gasteiger partial charge in [-0.15, -0.1) is 0 Å². The van der Waals surface area contributed by atoms with Crippen molar-refractivity contribution in [3.8, 4) is 0 Å². The van der Waals surface area contributed by atoms with Crippen molar-refractivity contribution in [2.45, 2.75) is 45.0 Å². The molecule has 4 nitrogen and oxygen atoms in total. The van der Waals surface area contributed by atoms with Crippen molar-refractivity contribution in [1.29, 1.82) is 0 Å². The van der Waals surface area contributed by atoms with Crippen molar-refractivity contribution < 1.29 is 14.6 Å². The van der Waals surface area contributed by atoms with Gasteiger partial charge >= 0.3 is 0 Å². The molecule has 2 rings (SSSR count). The van der Waals surface area contributed by atoms with Gasteiger partial charge in [-0.1, -0.05) is 30.3 Å². The molecule has 0 aliphatic carbocycles. The van der Waals surface area contributed by atoms with Crippen LogP contribution in [0.1, 0.15) is 32.3 Å². The van der Waals surface area contributed by atoms with Crippen molar-refractivity contribution in [2.75, 3.05) is 13.1 Å². The van der Waals surface area contributed by atoms with E-state index in [-0.39, 0.29) is 5.91 Å². The molecule has 0 bridgehead atoms. The molecule has 1 aliphatic heterocycles. The number of carbonyl (C=O) groups is 1. The molecule has 0 aromatic heterocycles. The number of nitrogens with zero attached hydrogens (tertiary/aromatic N) is 1. The number of amides is 1. The monoisotopic (exact) mass is 277 g/mol. The van der Waals surface area contributed by atoms with Gasteiger partial charge in [-0.2, -0.15) is 0 Å². The molecule has 0 spiro atoms. The van der Waals surface area contributed by atoms with E-state index in [1.165, 1.54) is 0 Å². The molecule has 1 aromatic carbocycles. The second-order valence-electron chi connectivity index (χ2n) is 5.80.